The van der Waals surface area contributed by atoms with Crippen LogP contribution in [0.5, 0.6) is 0 Å². The zero-order valence-electron chi connectivity index (χ0n) is 20.8. The molecule has 0 radical (unpaired) electrons. The highest BCUT2D eigenvalue weighted by Gasteiger charge is 2.44. The van der Waals surface area contributed by atoms with Gasteiger partial charge in [0, 0.05) is 23.4 Å². The van der Waals surface area contributed by atoms with Crippen LogP contribution >= 0.6 is 12.0 Å². The van der Waals surface area contributed by atoms with Crippen molar-refractivity contribution in [2.45, 2.75) is 42.6 Å². The molecule has 0 saturated carbocycles. The maximum Gasteiger partial charge on any atom is 0.431 e. The molecular weight excluding hydrogens is 545 g/mol. The van der Waals surface area contributed by atoms with Gasteiger partial charge in [0.25, 0.3) is 0 Å². The number of aliphatic hydroxyl groups is 1. The summed E-state index contributed by atoms with van der Waals surface area (Å²) in [6.07, 6.45) is -5.59. The molecule has 0 fully saturated rings. The number of anilines is 1. The number of nitrogens with zero attached hydrogens (tertiary/aromatic N) is 2. The van der Waals surface area contributed by atoms with Crippen molar-refractivity contribution in [1.29, 1.82) is 0 Å². The number of halogens is 5. The molecule has 0 bridgehead atoms. The Morgan fingerprint density at radius 2 is 1.72 bits per heavy atom. The molecule has 39 heavy (non-hydrogen) atoms. The van der Waals surface area contributed by atoms with Gasteiger partial charge in [-0.3, -0.25) is 5.01 Å². The number of alkyl halides is 3. The van der Waals surface area contributed by atoms with E-state index >= 15 is 0 Å². The van der Waals surface area contributed by atoms with Crippen molar-refractivity contribution in [3.8, 4) is 0 Å². The third-order valence-electron chi connectivity index (χ3n) is 5.89. The molecule has 1 aliphatic heterocycles. The summed E-state index contributed by atoms with van der Waals surface area (Å²) in [5.74, 6) is -1.87. The van der Waals surface area contributed by atoms with E-state index in [9.17, 15) is 27.1 Å². The smallest absolute Gasteiger partial charge is 0.387 e. The van der Waals surface area contributed by atoms with E-state index in [0.717, 1.165) is 22.7 Å². The Morgan fingerprint density at radius 1 is 1.05 bits per heavy atom. The summed E-state index contributed by atoms with van der Waals surface area (Å²) in [6.45, 7) is 1.96. The fourth-order valence-corrected chi connectivity index (χ4v) is 4.08. The summed E-state index contributed by atoms with van der Waals surface area (Å²) in [7, 11) is 1.84. The van der Waals surface area contributed by atoms with Crippen molar-refractivity contribution in [3.05, 3.63) is 95.6 Å². The van der Waals surface area contributed by atoms with Gasteiger partial charge in [-0.25, -0.2) is 14.0 Å². The molecule has 0 spiro atoms. The highest BCUT2D eigenvalue weighted by atomic mass is 32.2. The average molecular weight is 572 g/mol. The van der Waals surface area contributed by atoms with Crippen LogP contribution < -0.4 is 10.3 Å². The Labute approximate surface area is 225 Å². The number of aliphatic hydroxyl groups excluding tert-OH is 1. The molecule has 3 N–H and O–H groups in total. The van der Waals surface area contributed by atoms with Gasteiger partial charge in [0.05, 0.1) is 29.9 Å². The predicted octanol–water partition coefficient (Wildman–Crippen LogP) is 6.59. The van der Waals surface area contributed by atoms with Crippen molar-refractivity contribution in [2.24, 2.45) is 5.10 Å². The van der Waals surface area contributed by atoms with Crippen molar-refractivity contribution >= 4 is 23.4 Å². The fourth-order valence-electron chi connectivity index (χ4n) is 3.73. The van der Waals surface area contributed by atoms with Gasteiger partial charge in [-0.15, -0.1) is 4.33 Å². The standard InChI is InChI=1S/C16H11F5N2O3S.C10H15NO/c17-10-3-6-13(12(18)7-10)23-14(8-15(22-23)16(19,20)21)9-1-4-11(5-2-9)27-26-25-24;1-8(11-2)10(12)9-6-4-3-5-7-9/h1-7,14,24H,8H2;3-8,10-12H,1-2H3/t14-;8-,10-/m11/s1. The maximum absolute atomic E-state index is 14.1. The first-order valence-electron chi connectivity index (χ1n) is 11.6. The van der Waals surface area contributed by atoms with Crippen LogP contribution in [0, 0.1) is 11.6 Å². The minimum Gasteiger partial charge on any atom is -0.387 e. The van der Waals surface area contributed by atoms with Crippen LogP contribution in [-0.2, 0) is 9.37 Å². The minimum absolute atomic E-state index is 0.0902. The number of hydrogen-bond acceptors (Lipinski definition) is 8. The fraction of sp³-hybridized carbons (Fsp3) is 0.269. The summed E-state index contributed by atoms with van der Waals surface area (Å²) in [5.41, 5.74) is 0.0538. The second kappa shape index (κ2) is 13.8. The predicted molar refractivity (Wildman–Crippen MR) is 137 cm³/mol. The SMILES string of the molecule is CN[C@H](C)[C@@H](O)c1ccccc1.OOOSc1ccc([C@H]2CC(C(F)(F)F)=NN2c2ccc(F)cc2F)cc1. The second-order valence-electron chi connectivity index (χ2n) is 8.43. The Balaban J connectivity index is 0.000000293. The van der Waals surface area contributed by atoms with Crippen molar-refractivity contribution < 1.29 is 41.7 Å². The first-order chi connectivity index (χ1) is 18.5. The summed E-state index contributed by atoms with van der Waals surface area (Å²) in [5, 5.41) is 28.8. The Kier molecular flexibility index (Phi) is 10.8. The van der Waals surface area contributed by atoms with Crippen molar-refractivity contribution in [3.63, 3.8) is 0 Å². The molecule has 1 heterocycles. The van der Waals surface area contributed by atoms with Gasteiger partial charge in [-0.2, -0.15) is 18.3 Å². The van der Waals surface area contributed by atoms with Crippen molar-refractivity contribution in [1.82, 2.24) is 5.32 Å². The third kappa shape index (κ3) is 8.21. The molecule has 4 rings (SSSR count). The van der Waals surface area contributed by atoms with E-state index in [4.69, 9.17) is 5.26 Å². The molecule has 0 aromatic heterocycles. The Hall–Kier alpha value is -3.07. The van der Waals surface area contributed by atoms with E-state index in [1.807, 2.05) is 44.3 Å². The third-order valence-corrected chi connectivity index (χ3v) is 6.48. The monoisotopic (exact) mass is 571 g/mol. The molecule has 0 amide bonds. The largest absolute Gasteiger partial charge is 0.431 e. The van der Waals surface area contributed by atoms with E-state index in [0.29, 0.717) is 28.6 Å². The first kappa shape index (κ1) is 30.5. The van der Waals surface area contributed by atoms with Gasteiger partial charge < -0.3 is 10.4 Å². The van der Waals surface area contributed by atoms with E-state index in [2.05, 4.69) is 19.8 Å². The van der Waals surface area contributed by atoms with Crippen LogP contribution in [0.2, 0.25) is 0 Å². The van der Waals surface area contributed by atoms with Gasteiger partial charge in [0.2, 0.25) is 0 Å². The zero-order valence-corrected chi connectivity index (χ0v) is 21.6. The summed E-state index contributed by atoms with van der Waals surface area (Å²) >= 11 is 0.682. The molecule has 0 unspecified atom stereocenters. The highest BCUT2D eigenvalue weighted by Crippen LogP contribution is 2.40. The molecule has 210 valence electrons. The van der Waals surface area contributed by atoms with Crippen LogP contribution in [0.15, 0.2) is 82.8 Å². The van der Waals surface area contributed by atoms with Gasteiger partial charge in [0.15, 0.2) is 5.82 Å². The van der Waals surface area contributed by atoms with Crippen LogP contribution in [0.25, 0.3) is 0 Å². The van der Waals surface area contributed by atoms with Crippen LogP contribution in [0.3, 0.4) is 0 Å². The molecule has 0 saturated heterocycles. The number of hydrazone groups is 1. The molecular formula is C26H26F5N3O4S. The Bertz CT molecular complexity index is 1230. The van der Waals surface area contributed by atoms with E-state index < -0.39 is 42.1 Å². The molecule has 1 aliphatic rings. The lowest BCUT2D eigenvalue weighted by Crippen LogP contribution is -2.28. The first-order valence-corrected chi connectivity index (χ1v) is 12.3. The molecule has 3 atom stereocenters. The van der Waals surface area contributed by atoms with Crippen LogP contribution in [-0.4, -0.2) is 35.3 Å². The molecule has 0 aliphatic carbocycles. The second-order valence-corrected chi connectivity index (χ2v) is 9.21. The lowest BCUT2D eigenvalue weighted by atomic mass is 10.0. The lowest BCUT2D eigenvalue weighted by Gasteiger charge is -2.24. The number of rotatable bonds is 8. The lowest BCUT2D eigenvalue weighted by molar-refractivity contribution is -0.432. The van der Waals surface area contributed by atoms with Gasteiger partial charge >= 0.3 is 6.18 Å². The topological polar surface area (TPSA) is 86.5 Å². The number of likely N-dealkylation sites (N-methyl/N-ethyl adjacent to an activating group) is 1. The van der Waals surface area contributed by atoms with Gasteiger partial charge in [-0.05, 0) is 49.4 Å². The average Bonchev–Trinajstić information content (AvgIpc) is 3.38. The summed E-state index contributed by atoms with van der Waals surface area (Å²) in [4.78, 5) is 0.502. The van der Waals surface area contributed by atoms with Crippen molar-refractivity contribution in [2.75, 3.05) is 12.1 Å². The molecule has 3 aromatic carbocycles. The van der Waals surface area contributed by atoms with Crippen LogP contribution in [0.1, 0.15) is 36.6 Å². The van der Waals surface area contributed by atoms with E-state index in [1.54, 1.807) is 0 Å². The number of benzene rings is 3. The minimum atomic E-state index is -4.67. The summed E-state index contributed by atoms with van der Waals surface area (Å²) in [6, 6.07) is 17.4. The van der Waals surface area contributed by atoms with Crippen LogP contribution in [0.4, 0.5) is 27.6 Å². The highest BCUT2D eigenvalue weighted by molar-refractivity contribution is 7.94. The van der Waals surface area contributed by atoms with E-state index in [-0.39, 0.29) is 11.7 Å². The number of hydrogen-bond donors (Lipinski definition) is 3. The molecule has 7 nitrogen and oxygen atoms in total. The normalized spacial score (nSPS) is 16.8. The number of nitrogens with one attached hydrogen (secondary N) is 1. The maximum atomic E-state index is 14.1. The van der Waals surface area contributed by atoms with Gasteiger partial charge in [-0.1, -0.05) is 47.5 Å². The molecule has 3 aromatic rings. The zero-order chi connectivity index (χ0) is 28.6. The van der Waals surface area contributed by atoms with E-state index in [1.165, 1.54) is 24.3 Å². The Morgan fingerprint density at radius 3 is 2.28 bits per heavy atom. The quantitative estimate of drug-likeness (QED) is 0.122. The summed E-state index contributed by atoms with van der Waals surface area (Å²) < 4.78 is 71.0. The van der Waals surface area contributed by atoms with Gasteiger partial charge in [0.1, 0.15) is 11.5 Å². The molecule has 13 heteroatoms.